The van der Waals surface area contributed by atoms with Crippen molar-refractivity contribution in [3.05, 3.63) is 35.0 Å². The molecule has 2 aromatic rings. The molecule has 0 atom stereocenters. The van der Waals surface area contributed by atoms with Gasteiger partial charge in [-0.15, -0.1) is 0 Å². The van der Waals surface area contributed by atoms with E-state index in [2.05, 4.69) is 10.2 Å². The average Bonchev–Trinajstić information content (AvgIpc) is 2.77. The number of ether oxygens (including phenoxy) is 1. The molecular formula is C13H13N3O. The van der Waals surface area contributed by atoms with Gasteiger partial charge in [0.1, 0.15) is 11.8 Å². The van der Waals surface area contributed by atoms with Gasteiger partial charge in [-0.05, 0) is 37.1 Å². The van der Waals surface area contributed by atoms with Gasteiger partial charge in [0.05, 0.1) is 12.8 Å². The first-order chi connectivity index (χ1) is 8.15. The molecule has 0 radical (unpaired) electrons. The molecule has 0 saturated heterocycles. The van der Waals surface area contributed by atoms with Crippen molar-refractivity contribution >= 4 is 0 Å². The lowest BCUT2D eigenvalue weighted by Crippen LogP contribution is -1.92. The van der Waals surface area contributed by atoms with Crippen LogP contribution in [0.1, 0.15) is 16.8 Å². The number of nitrogens with one attached hydrogen (secondary N) is 1. The summed E-state index contributed by atoms with van der Waals surface area (Å²) >= 11 is 0. The topological polar surface area (TPSA) is 61.7 Å². The highest BCUT2D eigenvalue weighted by molar-refractivity contribution is 5.64. The standard InChI is InChI=1S/C13H13N3O/c1-8-4-10(5-9(2)13(8)17-3)12-6-11(7-14)15-16-12/h4-6H,1-3H3,(H,15,16). The fourth-order valence-corrected chi connectivity index (χ4v) is 1.95. The van der Waals surface area contributed by atoms with Crippen LogP contribution >= 0.6 is 0 Å². The van der Waals surface area contributed by atoms with Crippen LogP contribution in [0.4, 0.5) is 0 Å². The largest absolute Gasteiger partial charge is 0.496 e. The second-order valence-corrected chi connectivity index (χ2v) is 3.92. The molecule has 4 heteroatoms. The third kappa shape index (κ3) is 2.00. The summed E-state index contributed by atoms with van der Waals surface area (Å²) in [6, 6.07) is 7.77. The predicted molar refractivity (Wildman–Crippen MR) is 64.8 cm³/mol. The lowest BCUT2D eigenvalue weighted by Gasteiger charge is -2.10. The van der Waals surface area contributed by atoms with Crippen molar-refractivity contribution in [2.24, 2.45) is 0 Å². The Labute approximate surface area is 99.9 Å². The smallest absolute Gasteiger partial charge is 0.162 e. The molecule has 0 bridgehead atoms. The third-order valence-corrected chi connectivity index (χ3v) is 2.67. The van der Waals surface area contributed by atoms with Crippen molar-refractivity contribution in [3.63, 3.8) is 0 Å². The maximum absolute atomic E-state index is 8.74. The van der Waals surface area contributed by atoms with Gasteiger partial charge in [-0.25, -0.2) is 0 Å². The molecule has 0 spiro atoms. The van der Waals surface area contributed by atoms with Gasteiger partial charge in [0.2, 0.25) is 0 Å². The van der Waals surface area contributed by atoms with Crippen LogP contribution in [-0.2, 0) is 0 Å². The summed E-state index contributed by atoms with van der Waals surface area (Å²) in [5, 5.41) is 15.5. The van der Waals surface area contributed by atoms with Crippen molar-refractivity contribution in [2.75, 3.05) is 7.11 Å². The second kappa shape index (κ2) is 4.30. The molecular weight excluding hydrogens is 214 g/mol. The molecule has 1 N–H and O–H groups in total. The zero-order valence-electron chi connectivity index (χ0n) is 10.0. The van der Waals surface area contributed by atoms with E-state index in [0.717, 1.165) is 28.1 Å². The molecule has 0 amide bonds. The quantitative estimate of drug-likeness (QED) is 0.857. The van der Waals surface area contributed by atoms with Gasteiger partial charge in [0.15, 0.2) is 5.69 Å². The third-order valence-electron chi connectivity index (χ3n) is 2.67. The maximum atomic E-state index is 8.74. The van der Waals surface area contributed by atoms with Crippen LogP contribution in [-0.4, -0.2) is 17.3 Å². The summed E-state index contributed by atoms with van der Waals surface area (Å²) in [6.07, 6.45) is 0. The highest BCUT2D eigenvalue weighted by Gasteiger charge is 2.08. The molecule has 0 saturated carbocycles. The number of aromatic nitrogens is 2. The van der Waals surface area contributed by atoms with Gasteiger partial charge in [-0.2, -0.15) is 10.4 Å². The first-order valence-electron chi connectivity index (χ1n) is 5.27. The van der Waals surface area contributed by atoms with E-state index in [1.54, 1.807) is 13.2 Å². The molecule has 0 aliphatic heterocycles. The van der Waals surface area contributed by atoms with E-state index in [9.17, 15) is 0 Å². The van der Waals surface area contributed by atoms with Crippen molar-refractivity contribution in [1.29, 1.82) is 5.26 Å². The number of aromatic amines is 1. The van der Waals surface area contributed by atoms with Crippen molar-refractivity contribution in [1.82, 2.24) is 10.2 Å². The number of H-pyrrole nitrogens is 1. The summed E-state index contributed by atoms with van der Waals surface area (Å²) in [5.41, 5.74) is 4.38. The molecule has 2 rings (SSSR count). The Hall–Kier alpha value is -2.28. The van der Waals surface area contributed by atoms with E-state index >= 15 is 0 Å². The number of benzene rings is 1. The Balaban J connectivity index is 2.51. The zero-order chi connectivity index (χ0) is 12.4. The normalized spacial score (nSPS) is 10.0. The summed E-state index contributed by atoms with van der Waals surface area (Å²) in [5.74, 6) is 0.897. The minimum absolute atomic E-state index is 0.395. The summed E-state index contributed by atoms with van der Waals surface area (Å²) in [6.45, 7) is 3.99. The summed E-state index contributed by atoms with van der Waals surface area (Å²) in [7, 11) is 1.67. The fraction of sp³-hybridized carbons (Fsp3) is 0.231. The molecule has 86 valence electrons. The predicted octanol–water partition coefficient (Wildman–Crippen LogP) is 2.57. The molecule has 1 aromatic carbocycles. The number of rotatable bonds is 2. The maximum Gasteiger partial charge on any atom is 0.162 e. The van der Waals surface area contributed by atoms with Crippen LogP contribution in [0.15, 0.2) is 18.2 Å². The van der Waals surface area contributed by atoms with Gasteiger partial charge < -0.3 is 4.74 Å². The first kappa shape index (κ1) is 11.2. The molecule has 4 nitrogen and oxygen atoms in total. The van der Waals surface area contributed by atoms with E-state index in [1.165, 1.54) is 0 Å². The first-order valence-corrected chi connectivity index (χ1v) is 5.27. The molecule has 0 aliphatic rings. The van der Waals surface area contributed by atoms with Gasteiger partial charge in [0, 0.05) is 11.6 Å². The van der Waals surface area contributed by atoms with E-state index in [-0.39, 0.29) is 0 Å². The van der Waals surface area contributed by atoms with Crippen LogP contribution in [0.3, 0.4) is 0 Å². The minimum Gasteiger partial charge on any atom is -0.496 e. The lowest BCUT2D eigenvalue weighted by molar-refractivity contribution is 0.408. The number of methoxy groups -OCH3 is 1. The molecule has 0 aliphatic carbocycles. The Morgan fingerprint density at radius 1 is 1.24 bits per heavy atom. The van der Waals surface area contributed by atoms with Crippen molar-refractivity contribution in [2.45, 2.75) is 13.8 Å². The average molecular weight is 227 g/mol. The van der Waals surface area contributed by atoms with E-state index < -0.39 is 0 Å². The zero-order valence-corrected chi connectivity index (χ0v) is 10.0. The van der Waals surface area contributed by atoms with Gasteiger partial charge in [0.25, 0.3) is 0 Å². The van der Waals surface area contributed by atoms with Crippen molar-refractivity contribution < 1.29 is 4.74 Å². The van der Waals surface area contributed by atoms with E-state index in [1.807, 2.05) is 32.0 Å². The Kier molecular flexibility index (Phi) is 2.84. The van der Waals surface area contributed by atoms with Crippen LogP contribution in [0.5, 0.6) is 5.75 Å². The SMILES string of the molecule is COc1c(C)cc(-c2cc(C#N)n[nH]2)cc1C. The van der Waals surface area contributed by atoms with Crippen LogP contribution in [0.25, 0.3) is 11.3 Å². The highest BCUT2D eigenvalue weighted by Crippen LogP contribution is 2.29. The fourth-order valence-electron chi connectivity index (χ4n) is 1.95. The van der Waals surface area contributed by atoms with Gasteiger partial charge in [-0.1, -0.05) is 0 Å². The highest BCUT2D eigenvalue weighted by atomic mass is 16.5. The molecule has 1 aromatic heterocycles. The number of hydrogen-bond acceptors (Lipinski definition) is 3. The van der Waals surface area contributed by atoms with E-state index in [4.69, 9.17) is 10.00 Å². The monoisotopic (exact) mass is 227 g/mol. The van der Waals surface area contributed by atoms with Gasteiger partial charge in [-0.3, -0.25) is 5.10 Å². The number of aryl methyl sites for hydroxylation is 2. The lowest BCUT2D eigenvalue weighted by atomic mass is 10.0. The summed E-state index contributed by atoms with van der Waals surface area (Å²) < 4.78 is 5.31. The van der Waals surface area contributed by atoms with Gasteiger partial charge >= 0.3 is 0 Å². The second-order valence-electron chi connectivity index (χ2n) is 3.92. The van der Waals surface area contributed by atoms with Crippen LogP contribution in [0.2, 0.25) is 0 Å². The van der Waals surface area contributed by atoms with Crippen molar-refractivity contribution in [3.8, 4) is 23.1 Å². The summed E-state index contributed by atoms with van der Waals surface area (Å²) in [4.78, 5) is 0. The number of nitriles is 1. The Morgan fingerprint density at radius 3 is 2.35 bits per heavy atom. The number of nitrogens with zero attached hydrogens (tertiary/aromatic N) is 2. The molecule has 0 unspecified atom stereocenters. The molecule has 0 fully saturated rings. The minimum atomic E-state index is 0.395. The van der Waals surface area contributed by atoms with Crippen LogP contribution < -0.4 is 4.74 Å². The van der Waals surface area contributed by atoms with Crippen LogP contribution in [0, 0.1) is 25.2 Å². The molecule has 17 heavy (non-hydrogen) atoms. The molecule has 1 heterocycles. The Bertz CT molecular complexity index is 570. The number of hydrogen-bond donors (Lipinski definition) is 1. The Morgan fingerprint density at radius 2 is 1.88 bits per heavy atom. The van der Waals surface area contributed by atoms with E-state index in [0.29, 0.717) is 5.69 Å².